The van der Waals surface area contributed by atoms with Crippen molar-refractivity contribution in [1.29, 1.82) is 0 Å². The molecule has 0 spiro atoms. The zero-order valence-corrected chi connectivity index (χ0v) is 9.65. The molecule has 18 heavy (non-hydrogen) atoms. The van der Waals surface area contributed by atoms with E-state index in [1.807, 2.05) is 0 Å². The van der Waals surface area contributed by atoms with E-state index in [1.54, 1.807) is 0 Å². The smallest absolute Gasteiger partial charge is 0.391 e. The molecule has 0 bridgehead atoms. The number of esters is 1. The summed E-state index contributed by atoms with van der Waals surface area (Å²) in [6, 6.07) is 0. The minimum Gasteiger partial charge on any atom is -0.463 e. The summed E-state index contributed by atoms with van der Waals surface area (Å²) in [4.78, 5) is 14.8. The Hall–Kier alpha value is -1.60. The zero-order chi connectivity index (χ0) is 13.3. The highest BCUT2D eigenvalue weighted by atomic mass is 19.4. The topological polar surface area (TPSA) is 57.0 Å². The molecule has 1 heterocycles. The molecule has 1 aromatic rings. The molecule has 0 amide bonds. The molecule has 0 N–H and O–H groups in total. The van der Waals surface area contributed by atoms with Gasteiger partial charge in [0, 0.05) is 6.54 Å². The first-order valence-corrected chi connectivity index (χ1v) is 5.44. The van der Waals surface area contributed by atoms with Gasteiger partial charge in [0.15, 0.2) is 0 Å². The molecule has 5 nitrogen and oxygen atoms in total. The highest BCUT2D eigenvalue weighted by Crippen LogP contribution is 2.45. The van der Waals surface area contributed by atoms with Crippen LogP contribution in [0, 0.1) is 11.8 Å². The van der Waals surface area contributed by atoms with E-state index in [9.17, 15) is 18.0 Å². The molecule has 0 atom stereocenters. The van der Waals surface area contributed by atoms with Gasteiger partial charge >= 0.3 is 12.1 Å². The average Bonchev–Trinajstić information content (AvgIpc) is 2.68. The summed E-state index contributed by atoms with van der Waals surface area (Å²) >= 11 is 0. The van der Waals surface area contributed by atoms with Gasteiger partial charge in [-0.1, -0.05) is 0 Å². The van der Waals surface area contributed by atoms with Crippen molar-refractivity contribution >= 4 is 5.97 Å². The van der Waals surface area contributed by atoms with E-state index in [1.165, 1.54) is 18.1 Å². The first kappa shape index (κ1) is 12.8. The minimum atomic E-state index is -4.10. The molecule has 8 heteroatoms. The van der Waals surface area contributed by atoms with Crippen molar-refractivity contribution in [3.8, 4) is 0 Å². The van der Waals surface area contributed by atoms with Crippen molar-refractivity contribution in [3.05, 3.63) is 12.2 Å². The van der Waals surface area contributed by atoms with Gasteiger partial charge < -0.3 is 4.74 Å². The summed E-state index contributed by atoms with van der Waals surface area (Å²) in [6.45, 7) is 0.344. The van der Waals surface area contributed by atoms with Crippen LogP contribution in [-0.2, 0) is 11.3 Å². The molecule has 0 unspecified atom stereocenters. The molecule has 1 saturated carbocycles. The maximum absolute atomic E-state index is 12.3. The van der Waals surface area contributed by atoms with E-state index in [4.69, 9.17) is 0 Å². The fourth-order valence-electron chi connectivity index (χ4n) is 1.98. The zero-order valence-electron chi connectivity index (χ0n) is 9.65. The van der Waals surface area contributed by atoms with Crippen LogP contribution >= 0.6 is 0 Å². The SMILES string of the molecule is COC(=O)c1ncn(C[C@H]2C[C@H](C(F)(F)F)C2)n1. The molecule has 0 aromatic carbocycles. The van der Waals surface area contributed by atoms with Crippen LogP contribution in [0.3, 0.4) is 0 Å². The first-order chi connectivity index (χ1) is 8.40. The second kappa shape index (κ2) is 4.58. The Morgan fingerprint density at radius 3 is 2.78 bits per heavy atom. The summed E-state index contributed by atoms with van der Waals surface area (Å²) < 4.78 is 42.6. The van der Waals surface area contributed by atoms with Gasteiger partial charge in [0.1, 0.15) is 6.33 Å². The van der Waals surface area contributed by atoms with Crippen LogP contribution in [0.4, 0.5) is 13.2 Å². The molecule has 1 aliphatic rings. The number of rotatable bonds is 3. The number of ether oxygens (including phenoxy) is 1. The predicted molar refractivity (Wildman–Crippen MR) is 53.6 cm³/mol. The van der Waals surface area contributed by atoms with Crippen LogP contribution in [-0.4, -0.2) is 34.0 Å². The second-order valence-corrected chi connectivity index (χ2v) is 4.36. The van der Waals surface area contributed by atoms with Gasteiger partial charge in [0.2, 0.25) is 0 Å². The van der Waals surface area contributed by atoms with E-state index in [-0.39, 0.29) is 24.6 Å². The lowest BCUT2D eigenvalue weighted by molar-refractivity contribution is -0.205. The van der Waals surface area contributed by atoms with Gasteiger partial charge in [-0.15, -0.1) is 5.10 Å². The van der Waals surface area contributed by atoms with Gasteiger partial charge in [-0.3, -0.25) is 4.68 Å². The molecule has 2 rings (SSSR count). The van der Waals surface area contributed by atoms with E-state index >= 15 is 0 Å². The minimum absolute atomic E-state index is 0.0659. The lowest BCUT2D eigenvalue weighted by atomic mass is 9.74. The van der Waals surface area contributed by atoms with Crippen molar-refractivity contribution in [2.45, 2.75) is 25.6 Å². The quantitative estimate of drug-likeness (QED) is 0.778. The highest BCUT2D eigenvalue weighted by Gasteiger charge is 2.47. The maximum Gasteiger partial charge on any atom is 0.391 e. The Morgan fingerprint density at radius 1 is 1.56 bits per heavy atom. The van der Waals surface area contributed by atoms with Crippen LogP contribution < -0.4 is 0 Å². The number of hydrogen-bond donors (Lipinski definition) is 0. The highest BCUT2D eigenvalue weighted by molar-refractivity contribution is 5.84. The molecular formula is C10H12F3N3O2. The molecule has 100 valence electrons. The average molecular weight is 263 g/mol. The van der Waals surface area contributed by atoms with E-state index in [0.29, 0.717) is 6.54 Å². The van der Waals surface area contributed by atoms with Crippen molar-refractivity contribution in [1.82, 2.24) is 14.8 Å². The monoisotopic (exact) mass is 263 g/mol. The van der Waals surface area contributed by atoms with Gasteiger partial charge in [0.05, 0.1) is 13.0 Å². The van der Waals surface area contributed by atoms with Gasteiger partial charge in [-0.05, 0) is 18.8 Å². The number of halogens is 3. The van der Waals surface area contributed by atoms with Gasteiger partial charge in [-0.2, -0.15) is 13.2 Å². The fourth-order valence-corrected chi connectivity index (χ4v) is 1.98. The Labute approximate surface area is 101 Å². The Bertz CT molecular complexity index is 438. The molecule has 1 fully saturated rings. The number of alkyl halides is 3. The number of hydrogen-bond acceptors (Lipinski definition) is 4. The number of methoxy groups -OCH3 is 1. The molecule has 1 aliphatic carbocycles. The number of aromatic nitrogens is 3. The Balaban J connectivity index is 1.85. The van der Waals surface area contributed by atoms with Crippen LogP contribution in [0.1, 0.15) is 23.5 Å². The lowest BCUT2D eigenvalue weighted by Crippen LogP contribution is -2.37. The fraction of sp³-hybridized carbons (Fsp3) is 0.700. The van der Waals surface area contributed by atoms with Crippen LogP contribution in [0.5, 0.6) is 0 Å². The van der Waals surface area contributed by atoms with Gasteiger partial charge in [-0.25, -0.2) is 9.78 Å². The van der Waals surface area contributed by atoms with Crippen molar-refractivity contribution in [2.75, 3.05) is 7.11 Å². The standard InChI is InChI=1S/C10H12F3N3O2/c1-18-9(17)8-14-5-16(15-8)4-6-2-7(3-6)10(11,12)13/h5-7H,2-4H2,1H3/t6-,7-. The third-order valence-electron chi connectivity index (χ3n) is 3.05. The van der Waals surface area contributed by atoms with Crippen molar-refractivity contribution in [2.24, 2.45) is 11.8 Å². The van der Waals surface area contributed by atoms with Crippen molar-refractivity contribution < 1.29 is 22.7 Å². The van der Waals surface area contributed by atoms with E-state index in [2.05, 4.69) is 14.8 Å². The molecule has 0 saturated heterocycles. The van der Waals surface area contributed by atoms with Gasteiger partial charge in [0.25, 0.3) is 5.82 Å². The lowest BCUT2D eigenvalue weighted by Gasteiger charge is -2.36. The Kier molecular flexibility index (Phi) is 3.27. The molecule has 1 aromatic heterocycles. The third-order valence-corrected chi connectivity index (χ3v) is 3.05. The predicted octanol–water partition coefficient (Wildman–Crippen LogP) is 1.65. The van der Waals surface area contributed by atoms with Crippen molar-refractivity contribution in [3.63, 3.8) is 0 Å². The Morgan fingerprint density at radius 2 is 2.22 bits per heavy atom. The maximum atomic E-state index is 12.3. The summed E-state index contributed by atoms with van der Waals surface area (Å²) in [7, 11) is 1.21. The van der Waals surface area contributed by atoms with Crippen LogP contribution in [0.15, 0.2) is 6.33 Å². The number of carbonyl (C=O) groups is 1. The summed E-state index contributed by atoms with van der Waals surface area (Å²) in [5.74, 6) is -2.00. The summed E-state index contributed by atoms with van der Waals surface area (Å²) in [5, 5.41) is 3.84. The van der Waals surface area contributed by atoms with Crippen LogP contribution in [0.2, 0.25) is 0 Å². The van der Waals surface area contributed by atoms with Crippen LogP contribution in [0.25, 0.3) is 0 Å². The van der Waals surface area contributed by atoms with E-state index < -0.39 is 18.1 Å². The third kappa shape index (κ3) is 2.62. The number of nitrogens with zero attached hydrogens (tertiary/aromatic N) is 3. The number of carbonyl (C=O) groups excluding carboxylic acids is 1. The molecule has 0 aliphatic heterocycles. The summed E-state index contributed by atoms with van der Waals surface area (Å²) in [5.41, 5.74) is 0. The largest absolute Gasteiger partial charge is 0.463 e. The normalized spacial score (nSPS) is 23.6. The molecular weight excluding hydrogens is 251 g/mol. The first-order valence-electron chi connectivity index (χ1n) is 5.44. The second-order valence-electron chi connectivity index (χ2n) is 4.36. The molecule has 0 radical (unpaired) electrons. The van der Waals surface area contributed by atoms with E-state index in [0.717, 1.165) is 0 Å². The summed E-state index contributed by atoms with van der Waals surface area (Å²) in [6.07, 6.45) is -2.56.